The molecule has 9 nitrogen and oxygen atoms in total. The van der Waals surface area contributed by atoms with Gasteiger partial charge in [0, 0.05) is 11.1 Å². The normalized spacial score (nSPS) is 16.8. The first-order valence-electron chi connectivity index (χ1n) is 10.9. The molecule has 2 heterocycles. The number of aromatic nitrogens is 1. The first kappa shape index (κ1) is 24.9. The summed E-state index contributed by atoms with van der Waals surface area (Å²) in [4.78, 5) is 44.8. The van der Waals surface area contributed by atoms with Crippen LogP contribution in [0.2, 0.25) is 0 Å². The van der Waals surface area contributed by atoms with E-state index in [1.54, 1.807) is 56.3 Å². The summed E-state index contributed by atoms with van der Waals surface area (Å²) in [5.41, 5.74) is 1.73. The highest BCUT2D eigenvalue weighted by Crippen LogP contribution is 2.46. The van der Waals surface area contributed by atoms with Crippen LogP contribution < -0.4 is 14.4 Å². The van der Waals surface area contributed by atoms with Gasteiger partial charge in [0.15, 0.2) is 5.13 Å². The molecule has 10 heteroatoms. The zero-order valence-corrected chi connectivity index (χ0v) is 21.1. The number of nitrogens with zero attached hydrogens (tertiary/aromatic N) is 2. The van der Waals surface area contributed by atoms with Gasteiger partial charge in [0.2, 0.25) is 0 Å². The molecule has 0 bridgehead atoms. The Labute approximate surface area is 211 Å². The van der Waals surface area contributed by atoms with Crippen LogP contribution in [0.1, 0.15) is 38.1 Å². The largest absolute Gasteiger partial charge is 0.507 e. The average molecular weight is 509 g/mol. The van der Waals surface area contributed by atoms with E-state index in [0.717, 1.165) is 11.3 Å². The maximum absolute atomic E-state index is 13.4. The van der Waals surface area contributed by atoms with Crippen LogP contribution in [0.25, 0.3) is 5.76 Å². The predicted molar refractivity (Wildman–Crippen MR) is 134 cm³/mol. The van der Waals surface area contributed by atoms with Gasteiger partial charge in [-0.3, -0.25) is 14.5 Å². The number of para-hydroxylation sites is 1. The van der Waals surface area contributed by atoms with E-state index in [4.69, 9.17) is 14.2 Å². The van der Waals surface area contributed by atoms with Gasteiger partial charge in [-0.1, -0.05) is 29.5 Å². The van der Waals surface area contributed by atoms with Crippen LogP contribution in [-0.4, -0.2) is 49.1 Å². The van der Waals surface area contributed by atoms with Gasteiger partial charge in [-0.05, 0) is 43.7 Å². The van der Waals surface area contributed by atoms with Crippen LogP contribution in [0.3, 0.4) is 0 Å². The molecule has 4 rings (SSSR count). The zero-order chi connectivity index (χ0) is 26.1. The Morgan fingerprint density at radius 1 is 1.06 bits per heavy atom. The van der Waals surface area contributed by atoms with E-state index in [0.29, 0.717) is 33.9 Å². The van der Waals surface area contributed by atoms with Crippen molar-refractivity contribution in [3.8, 4) is 11.5 Å². The van der Waals surface area contributed by atoms with Crippen LogP contribution in [0.5, 0.6) is 11.5 Å². The van der Waals surface area contributed by atoms with Crippen molar-refractivity contribution >= 4 is 39.9 Å². The van der Waals surface area contributed by atoms with Gasteiger partial charge in [-0.25, -0.2) is 9.78 Å². The second kappa shape index (κ2) is 9.82. The number of esters is 1. The molecule has 1 fully saturated rings. The number of ketones is 1. The number of methoxy groups -OCH3 is 3. The van der Waals surface area contributed by atoms with E-state index < -0.39 is 23.7 Å². The van der Waals surface area contributed by atoms with Gasteiger partial charge in [0.25, 0.3) is 5.78 Å². The number of Topliss-reactive ketones (excluding diaryl/α,β-unsaturated/α-hetero) is 1. The van der Waals surface area contributed by atoms with E-state index in [-0.39, 0.29) is 21.3 Å². The molecule has 3 aromatic rings. The molecule has 0 saturated carbocycles. The van der Waals surface area contributed by atoms with E-state index >= 15 is 0 Å². The van der Waals surface area contributed by atoms with Crippen LogP contribution in [0.15, 0.2) is 48.0 Å². The SMILES string of the molecule is COC(=O)c1sc(N2C(=O)C(=O)/C(=C(/O)c3ccc(OC)cc3C)[C@@H]2c2ccccc2OC)nc1C. The highest BCUT2D eigenvalue weighted by Gasteiger charge is 2.49. The lowest BCUT2D eigenvalue weighted by atomic mass is 9.93. The summed E-state index contributed by atoms with van der Waals surface area (Å²) in [5.74, 6) is -1.72. The Balaban J connectivity index is 1.98. The Morgan fingerprint density at radius 3 is 2.42 bits per heavy atom. The summed E-state index contributed by atoms with van der Waals surface area (Å²) in [6.07, 6.45) is 0. The number of aliphatic hydroxyl groups excluding tert-OH is 1. The summed E-state index contributed by atoms with van der Waals surface area (Å²) >= 11 is 0.930. The molecule has 2 aromatic carbocycles. The number of hydrogen-bond donors (Lipinski definition) is 1. The maximum atomic E-state index is 13.4. The Kier molecular flexibility index (Phi) is 6.80. The van der Waals surface area contributed by atoms with Gasteiger partial charge in [-0.2, -0.15) is 0 Å². The molecule has 1 amide bonds. The summed E-state index contributed by atoms with van der Waals surface area (Å²) in [6, 6.07) is 10.8. The summed E-state index contributed by atoms with van der Waals surface area (Å²) in [7, 11) is 4.25. The standard InChI is InChI=1S/C26H24N2O7S/c1-13-12-15(33-3)10-11-16(13)21(29)19-20(17-8-6-7-9-18(17)34-4)28(24(31)22(19)30)26-27-14(2)23(36-26)25(32)35-5/h6-12,20,29H,1-5H3/b21-19+/t20-/m0/s1. The number of anilines is 1. The van der Waals surface area contributed by atoms with Gasteiger partial charge in [0.05, 0.1) is 32.6 Å². The lowest BCUT2D eigenvalue weighted by molar-refractivity contribution is -0.132. The van der Waals surface area contributed by atoms with Crippen LogP contribution in [0.4, 0.5) is 5.13 Å². The minimum absolute atomic E-state index is 0.120. The van der Waals surface area contributed by atoms with Crippen LogP contribution in [0, 0.1) is 13.8 Å². The number of carbonyl (C=O) groups excluding carboxylic acids is 3. The van der Waals surface area contributed by atoms with Gasteiger partial charge < -0.3 is 19.3 Å². The van der Waals surface area contributed by atoms with E-state index in [1.165, 1.54) is 26.2 Å². The fourth-order valence-corrected chi connectivity index (χ4v) is 5.17. The number of aliphatic hydroxyl groups is 1. The molecular weight excluding hydrogens is 484 g/mol. The molecule has 1 N–H and O–H groups in total. The van der Waals surface area contributed by atoms with Crippen molar-refractivity contribution in [3.05, 3.63) is 75.3 Å². The fraction of sp³-hybridized carbons (Fsp3) is 0.231. The van der Waals surface area contributed by atoms with Crippen molar-refractivity contribution in [2.45, 2.75) is 19.9 Å². The van der Waals surface area contributed by atoms with Gasteiger partial charge >= 0.3 is 11.9 Å². The van der Waals surface area contributed by atoms with Crippen LogP contribution >= 0.6 is 11.3 Å². The molecular formula is C26H24N2O7S. The Bertz CT molecular complexity index is 1410. The summed E-state index contributed by atoms with van der Waals surface area (Å²) in [6.45, 7) is 3.38. The van der Waals surface area contributed by atoms with Crippen molar-refractivity contribution in [1.29, 1.82) is 0 Å². The number of rotatable bonds is 6. The smallest absolute Gasteiger partial charge is 0.350 e. The Morgan fingerprint density at radius 2 is 1.78 bits per heavy atom. The zero-order valence-electron chi connectivity index (χ0n) is 20.3. The van der Waals surface area contributed by atoms with Crippen molar-refractivity contribution in [2.24, 2.45) is 0 Å². The molecule has 1 aliphatic heterocycles. The third kappa shape index (κ3) is 4.09. The number of ether oxygens (including phenoxy) is 3. The molecule has 1 aliphatic rings. The van der Waals surface area contributed by atoms with E-state index in [1.807, 2.05) is 0 Å². The third-order valence-electron chi connectivity index (χ3n) is 5.93. The minimum Gasteiger partial charge on any atom is -0.507 e. The first-order chi connectivity index (χ1) is 17.2. The second-order valence-corrected chi connectivity index (χ2v) is 8.97. The highest BCUT2D eigenvalue weighted by atomic mass is 32.1. The van der Waals surface area contributed by atoms with Crippen molar-refractivity contribution in [1.82, 2.24) is 4.98 Å². The quantitative estimate of drug-likeness (QED) is 0.228. The van der Waals surface area contributed by atoms with Gasteiger partial charge in [-0.15, -0.1) is 0 Å². The molecule has 36 heavy (non-hydrogen) atoms. The Hall–Kier alpha value is -4.18. The van der Waals surface area contributed by atoms with E-state index in [2.05, 4.69) is 4.98 Å². The number of aryl methyl sites for hydroxylation is 2. The third-order valence-corrected chi connectivity index (χ3v) is 7.07. The number of hydrogen-bond acceptors (Lipinski definition) is 9. The minimum atomic E-state index is -1.06. The number of amides is 1. The highest BCUT2D eigenvalue weighted by molar-refractivity contribution is 7.17. The molecule has 1 saturated heterocycles. The first-order valence-corrected chi connectivity index (χ1v) is 11.7. The molecule has 0 unspecified atom stereocenters. The molecule has 1 atom stereocenters. The van der Waals surface area contributed by atoms with Crippen LogP contribution in [-0.2, 0) is 14.3 Å². The predicted octanol–water partition coefficient (Wildman–Crippen LogP) is 4.19. The lowest BCUT2D eigenvalue weighted by Gasteiger charge is -2.24. The molecule has 186 valence electrons. The molecule has 1 aromatic heterocycles. The van der Waals surface area contributed by atoms with Crippen molar-refractivity contribution < 1.29 is 33.7 Å². The number of thiazole rings is 1. The topological polar surface area (TPSA) is 115 Å². The summed E-state index contributed by atoms with van der Waals surface area (Å²) in [5, 5.41) is 11.5. The van der Waals surface area contributed by atoms with Crippen molar-refractivity contribution in [2.75, 3.05) is 26.2 Å². The van der Waals surface area contributed by atoms with Crippen molar-refractivity contribution in [3.63, 3.8) is 0 Å². The molecule has 0 aliphatic carbocycles. The monoisotopic (exact) mass is 508 g/mol. The number of benzene rings is 2. The average Bonchev–Trinajstić information content (AvgIpc) is 3.39. The second-order valence-electron chi connectivity index (χ2n) is 7.99. The lowest BCUT2D eigenvalue weighted by Crippen LogP contribution is -2.29. The number of carbonyl (C=O) groups is 3. The van der Waals surface area contributed by atoms with Gasteiger partial charge in [0.1, 0.15) is 28.2 Å². The fourth-order valence-electron chi connectivity index (χ4n) is 4.16. The van der Waals surface area contributed by atoms with E-state index in [9.17, 15) is 19.5 Å². The maximum Gasteiger partial charge on any atom is 0.350 e. The molecule has 0 radical (unpaired) electrons. The summed E-state index contributed by atoms with van der Waals surface area (Å²) < 4.78 is 15.6. The molecule has 0 spiro atoms.